The van der Waals surface area contributed by atoms with E-state index in [4.69, 9.17) is 26.1 Å². The summed E-state index contributed by atoms with van der Waals surface area (Å²) in [6.07, 6.45) is 6.75. The van der Waals surface area contributed by atoms with Crippen molar-refractivity contribution in [2.75, 3.05) is 19.5 Å². The molecule has 0 bridgehead atoms. The summed E-state index contributed by atoms with van der Waals surface area (Å²) in [6, 6.07) is 15.3. The van der Waals surface area contributed by atoms with Crippen molar-refractivity contribution < 1.29 is 14.3 Å². The summed E-state index contributed by atoms with van der Waals surface area (Å²) >= 11 is 6.32. The van der Waals surface area contributed by atoms with Crippen LogP contribution in [-0.2, 0) is 11.2 Å². The Kier molecular flexibility index (Phi) is 5.86. The number of halogens is 1. The number of amides is 1. The molecule has 0 saturated heterocycles. The van der Waals surface area contributed by atoms with Crippen molar-refractivity contribution >= 4 is 39.7 Å². The molecule has 34 heavy (non-hydrogen) atoms. The molecular weight excluding hydrogens is 452 g/mol. The lowest BCUT2D eigenvalue weighted by molar-refractivity contribution is -0.116. The number of hydrogen-bond acceptors (Lipinski definition) is 4. The Hall–Kier alpha value is -3.97. The Morgan fingerprint density at radius 2 is 1.94 bits per heavy atom. The van der Waals surface area contributed by atoms with Gasteiger partial charge in [0.15, 0.2) is 0 Å². The number of hydrogen-bond donors (Lipinski definition) is 2. The van der Waals surface area contributed by atoms with E-state index in [0.717, 1.165) is 22.0 Å². The monoisotopic (exact) mass is 474 g/mol. The number of pyridine rings is 1. The summed E-state index contributed by atoms with van der Waals surface area (Å²) < 4.78 is 12.7. The maximum atomic E-state index is 12.6. The minimum atomic E-state index is -0.0509. The van der Waals surface area contributed by atoms with Gasteiger partial charge in [0.25, 0.3) is 0 Å². The minimum absolute atomic E-state index is 0.0509. The molecular formula is C26H23ClN4O3. The number of benzene rings is 2. The van der Waals surface area contributed by atoms with Crippen molar-refractivity contribution in [3.05, 3.63) is 77.7 Å². The lowest BCUT2D eigenvalue weighted by atomic mass is 10.1. The zero-order valence-electron chi connectivity index (χ0n) is 18.8. The van der Waals surface area contributed by atoms with Crippen molar-refractivity contribution in [3.8, 4) is 22.8 Å². The predicted octanol–water partition coefficient (Wildman–Crippen LogP) is 5.72. The number of para-hydroxylation sites is 1. The number of nitrogens with zero attached hydrogens (tertiary/aromatic N) is 2. The molecule has 0 aliphatic rings. The molecule has 1 amide bonds. The molecule has 0 atom stereocenters. The molecule has 172 valence electrons. The lowest BCUT2D eigenvalue weighted by Crippen LogP contribution is -2.12. The first-order chi connectivity index (χ1) is 16.6. The highest BCUT2D eigenvalue weighted by molar-refractivity contribution is 6.32. The Balaban J connectivity index is 1.33. The third-order valence-electron chi connectivity index (χ3n) is 5.79. The number of aromatic amines is 1. The average Bonchev–Trinajstić information content (AvgIpc) is 3.46. The van der Waals surface area contributed by atoms with Gasteiger partial charge in [-0.05, 0) is 30.2 Å². The molecule has 0 unspecified atom stereocenters. The van der Waals surface area contributed by atoms with E-state index in [1.54, 1.807) is 26.4 Å². The molecule has 0 aliphatic carbocycles. The molecule has 0 spiro atoms. The summed E-state index contributed by atoms with van der Waals surface area (Å²) in [4.78, 5) is 20.5. The van der Waals surface area contributed by atoms with Crippen LogP contribution in [0.25, 0.3) is 27.8 Å². The fourth-order valence-corrected chi connectivity index (χ4v) is 4.30. The molecule has 2 N–H and O–H groups in total. The van der Waals surface area contributed by atoms with Gasteiger partial charge in [-0.25, -0.2) is 4.98 Å². The fraction of sp³-hybridized carbons (Fsp3) is 0.154. The number of ether oxygens (including phenoxy) is 2. The van der Waals surface area contributed by atoms with Crippen molar-refractivity contribution in [2.45, 2.75) is 12.8 Å². The van der Waals surface area contributed by atoms with E-state index < -0.39 is 0 Å². The Labute approximate surface area is 201 Å². The SMILES string of the molecule is COc1cc(OC)c(-c2cn3ccc(NC(=O)CCc4c[nH]c5ccccc45)cc3n2)cc1Cl. The van der Waals surface area contributed by atoms with Gasteiger partial charge in [0.1, 0.15) is 17.1 Å². The number of methoxy groups -OCH3 is 2. The van der Waals surface area contributed by atoms with Gasteiger partial charge in [-0.15, -0.1) is 0 Å². The van der Waals surface area contributed by atoms with Crippen molar-refractivity contribution in [1.82, 2.24) is 14.4 Å². The first-order valence-electron chi connectivity index (χ1n) is 10.8. The zero-order chi connectivity index (χ0) is 23.7. The second-order valence-corrected chi connectivity index (χ2v) is 8.31. The maximum absolute atomic E-state index is 12.6. The largest absolute Gasteiger partial charge is 0.496 e. The fourth-order valence-electron chi connectivity index (χ4n) is 4.06. The van der Waals surface area contributed by atoms with Crippen LogP contribution in [-0.4, -0.2) is 34.5 Å². The molecule has 8 heteroatoms. The van der Waals surface area contributed by atoms with Crippen LogP contribution < -0.4 is 14.8 Å². The highest BCUT2D eigenvalue weighted by atomic mass is 35.5. The van der Waals surface area contributed by atoms with Gasteiger partial charge in [0, 0.05) is 59.3 Å². The molecule has 5 rings (SSSR count). The first-order valence-corrected chi connectivity index (χ1v) is 11.2. The molecule has 0 aliphatic heterocycles. The van der Waals surface area contributed by atoms with Gasteiger partial charge in [-0.3, -0.25) is 4.79 Å². The van der Waals surface area contributed by atoms with E-state index in [1.165, 1.54) is 0 Å². The molecule has 0 radical (unpaired) electrons. The van der Waals surface area contributed by atoms with Crippen LogP contribution >= 0.6 is 11.6 Å². The Morgan fingerprint density at radius 1 is 1.12 bits per heavy atom. The summed E-state index contributed by atoms with van der Waals surface area (Å²) in [5.41, 5.74) is 5.04. The van der Waals surface area contributed by atoms with E-state index >= 15 is 0 Å². The van der Waals surface area contributed by atoms with E-state index in [-0.39, 0.29) is 5.91 Å². The zero-order valence-corrected chi connectivity index (χ0v) is 19.5. The van der Waals surface area contributed by atoms with Crippen LogP contribution in [0.5, 0.6) is 11.5 Å². The molecule has 3 aromatic heterocycles. The van der Waals surface area contributed by atoms with Gasteiger partial charge in [0.2, 0.25) is 5.91 Å². The third kappa shape index (κ3) is 4.18. The van der Waals surface area contributed by atoms with Crippen LogP contribution in [0.4, 0.5) is 5.69 Å². The molecule has 0 fully saturated rings. The summed E-state index contributed by atoms with van der Waals surface area (Å²) in [7, 11) is 3.15. The van der Waals surface area contributed by atoms with Gasteiger partial charge in [-0.1, -0.05) is 29.8 Å². The first kappa shape index (κ1) is 21.9. The summed E-state index contributed by atoms with van der Waals surface area (Å²) in [6.45, 7) is 0. The van der Waals surface area contributed by atoms with E-state index in [2.05, 4.69) is 16.4 Å². The Morgan fingerprint density at radius 3 is 2.76 bits per heavy atom. The van der Waals surface area contributed by atoms with E-state index in [1.807, 2.05) is 53.3 Å². The Bertz CT molecular complexity index is 1510. The van der Waals surface area contributed by atoms with Crippen molar-refractivity contribution in [2.24, 2.45) is 0 Å². The van der Waals surface area contributed by atoms with Crippen LogP contribution in [0.3, 0.4) is 0 Å². The number of anilines is 1. The van der Waals surface area contributed by atoms with Gasteiger partial charge in [-0.2, -0.15) is 0 Å². The molecule has 5 aromatic rings. The van der Waals surface area contributed by atoms with Crippen LogP contribution in [0.2, 0.25) is 5.02 Å². The number of H-pyrrole nitrogens is 1. The number of carbonyl (C=O) groups excluding carboxylic acids is 1. The van der Waals surface area contributed by atoms with Gasteiger partial charge >= 0.3 is 0 Å². The average molecular weight is 475 g/mol. The van der Waals surface area contributed by atoms with Crippen molar-refractivity contribution in [3.63, 3.8) is 0 Å². The number of aromatic nitrogens is 3. The van der Waals surface area contributed by atoms with Crippen molar-refractivity contribution in [1.29, 1.82) is 0 Å². The highest BCUT2D eigenvalue weighted by Crippen LogP contribution is 2.38. The summed E-state index contributed by atoms with van der Waals surface area (Å²) in [5, 5.41) is 4.60. The number of rotatable bonds is 7. The maximum Gasteiger partial charge on any atom is 0.224 e. The number of nitrogens with one attached hydrogen (secondary N) is 2. The van der Waals surface area contributed by atoms with Gasteiger partial charge < -0.3 is 24.2 Å². The quantitative estimate of drug-likeness (QED) is 0.316. The minimum Gasteiger partial charge on any atom is -0.496 e. The number of imidazole rings is 1. The van der Waals surface area contributed by atoms with Crippen LogP contribution in [0, 0.1) is 0 Å². The smallest absolute Gasteiger partial charge is 0.224 e. The topological polar surface area (TPSA) is 80.6 Å². The molecule has 7 nitrogen and oxygen atoms in total. The lowest BCUT2D eigenvalue weighted by Gasteiger charge is -2.10. The highest BCUT2D eigenvalue weighted by Gasteiger charge is 2.15. The van der Waals surface area contributed by atoms with Crippen LogP contribution in [0.15, 0.2) is 67.1 Å². The summed E-state index contributed by atoms with van der Waals surface area (Å²) in [5.74, 6) is 1.09. The molecule has 0 saturated carbocycles. The second-order valence-electron chi connectivity index (χ2n) is 7.90. The predicted molar refractivity (Wildman–Crippen MR) is 134 cm³/mol. The van der Waals surface area contributed by atoms with E-state index in [9.17, 15) is 4.79 Å². The molecule has 3 heterocycles. The number of fused-ring (bicyclic) bond motifs is 2. The molecule has 2 aromatic carbocycles. The number of aryl methyl sites for hydroxylation is 1. The van der Waals surface area contributed by atoms with E-state index in [0.29, 0.717) is 46.4 Å². The third-order valence-corrected chi connectivity index (χ3v) is 6.09. The second kappa shape index (κ2) is 9.11. The van der Waals surface area contributed by atoms with Crippen LogP contribution in [0.1, 0.15) is 12.0 Å². The number of carbonyl (C=O) groups is 1. The normalized spacial score (nSPS) is 11.1. The standard InChI is InChI=1S/C26H23ClN4O3/c1-33-23-13-24(34-2)20(27)12-19(23)22-15-31-10-9-17(11-25(31)30-22)29-26(32)8-7-16-14-28-21-6-4-3-5-18(16)21/h3-6,9-15,28H,7-8H2,1-2H3,(H,29,32). The van der Waals surface area contributed by atoms with Gasteiger partial charge in [0.05, 0.1) is 24.9 Å².